The Morgan fingerprint density at radius 2 is 2.40 bits per heavy atom. The molecule has 1 aliphatic carbocycles. The van der Waals surface area contributed by atoms with Crippen molar-refractivity contribution in [3.63, 3.8) is 0 Å². The average molecular weight is 224 g/mol. The van der Waals surface area contributed by atoms with Crippen molar-refractivity contribution in [2.75, 3.05) is 13.1 Å². The monoisotopic (exact) mass is 224 g/mol. The van der Waals surface area contributed by atoms with E-state index in [1.54, 1.807) is 0 Å². The zero-order valence-corrected chi connectivity index (χ0v) is 9.48. The fraction of sp³-hybridized carbons (Fsp3) is 0.545. The molecular weight excluding hydrogens is 208 g/mol. The van der Waals surface area contributed by atoms with Gasteiger partial charge in [0.15, 0.2) is 0 Å². The predicted molar refractivity (Wildman–Crippen MR) is 62.0 cm³/mol. The largest absolute Gasteiger partial charge is 0.351 e. The van der Waals surface area contributed by atoms with E-state index in [0.717, 1.165) is 24.3 Å². The second-order valence-corrected chi connectivity index (χ2v) is 5.17. The number of carbonyl (C=O) groups excluding carboxylic acids is 1. The summed E-state index contributed by atoms with van der Waals surface area (Å²) in [6, 6.07) is 3.73. The third-order valence-corrected chi connectivity index (χ3v) is 4.08. The van der Waals surface area contributed by atoms with Gasteiger partial charge < -0.3 is 11.1 Å². The van der Waals surface area contributed by atoms with Crippen LogP contribution in [0.5, 0.6) is 0 Å². The van der Waals surface area contributed by atoms with Crippen molar-refractivity contribution in [2.45, 2.75) is 19.3 Å². The molecule has 1 fully saturated rings. The number of rotatable bonds is 4. The Morgan fingerprint density at radius 3 is 2.87 bits per heavy atom. The maximum atomic E-state index is 11.7. The van der Waals surface area contributed by atoms with Crippen molar-refractivity contribution >= 4 is 17.2 Å². The second-order valence-electron chi connectivity index (χ2n) is 4.22. The summed E-state index contributed by atoms with van der Waals surface area (Å²) in [5.74, 6) is 0.0322. The maximum Gasteiger partial charge on any atom is 0.261 e. The highest BCUT2D eigenvalue weighted by molar-refractivity contribution is 7.12. The lowest BCUT2D eigenvalue weighted by molar-refractivity contribution is 0.0880. The Bertz CT molecular complexity index is 325. The summed E-state index contributed by atoms with van der Waals surface area (Å²) >= 11 is 1.47. The van der Waals surface area contributed by atoms with Crippen LogP contribution >= 0.6 is 11.3 Å². The highest BCUT2D eigenvalue weighted by atomic mass is 32.1. The van der Waals surface area contributed by atoms with E-state index in [2.05, 4.69) is 5.32 Å². The number of carbonyl (C=O) groups is 1. The molecule has 1 saturated carbocycles. The summed E-state index contributed by atoms with van der Waals surface area (Å²) in [5.41, 5.74) is 5.91. The van der Waals surface area contributed by atoms with Gasteiger partial charge in [0.05, 0.1) is 4.88 Å². The Morgan fingerprint density at radius 1 is 1.60 bits per heavy atom. The van der Waals surface area contributed by atoms with Crippen LogP contribution in [-0.2, 0) is 0 Å². The number of hydrogen-bond acceptors (Lipinski definition) is 3. The molecule has 0 aliphatic heterocycles. The molecule has 1 aromatic heterocycles. The first-order valence-electron chi connectivity index (χ1n) is 5.28. The zero-order valence-electron chi connectivity index (χ0n) is 8.66. The molecule has 0 radical (unpaired) electrons. The maximum absolute atomic E-state index is 11.7. The molecule has 0 unspecified atom stereocenters. The van der Waals surface area contributed by atoms with Gasteiger partial charge in [-0.1, -0.05) is 12.5 Å². The van der Waals surface area contributed by atoms with Gasteiger partial charge in [-0.15, -0.1) is 11.3 Å². The Kier molecular flexibility index (Phi) is 3.07. The highest BCUT2D eigenvalue weighted by Gasteiger charge is 2.35. The fourth-order valence-electron chi connectivity index (χ4n) is 1.89. The van der Waals surface area contributed by atoms with Crippen LogP contribution in [0, 0.1) is 5.41 Å². The molecule has 15 heavy (non-hydrogen) atoms. The number of amides is 1. The van der Waals surface area contributed by atoms with Crippen LogP contribution in [-0.4, -0.2) is 19.0 Å². The summed E-state index contributed by atoms with van der Waals surface area (Å²) in [4.78, 5) is 12.4. The number of hydrogen-bond donors (Lipinski definition) is 2. The number of nitrogens with one attached hydrogen (secondary N) is 1. The van der Waals surface area contributed by atoms with Gasteiger partial charge in [0.2, 0.25) is 0 Å². The van der Waals surface area contributed by atoms with Gasteiger partial charge in [0, 0.05) is 6.54 Å². The topological polar surface area (TPSA) is 55.1 Å². The minimum atomic E-state index is 0.0322. The SMILES string of the molecule is NCC1(CNC(=O)c2cccs2)CCC1. The molecule has 1 aromatic rings. The first-order chi connectivity index (χ1) is 7.26. The van der Waals surface area contributed by atoms with E-state index in [1.165, 1.54) is 17.8 Å². The van der Waals surface area contributed by atoms with Crippen molar-refractivity contribution in [1.82, 2.24) is 5.32 Å². The smallest absolute Gasteiger partial charge is 0.261 e. The third kappa shape index (κ3) is 2.21. The molecule has 0 aromatic carbocycles. The minimum absolute atomic E-state index is 0.0322. The lowest BCUT2D eigenvalue weighted by Crippen LogP contribution is -2.46. The van der Waals surface area contributed by atoms with Crippen LogP contribution < -0.4 is 11.1 Å². The van der Waals surface area contributed by atoms with Crippen LogP contribution in [0.2, 0.25) is 0 Å². The molecule has 1 heterocycles. The lowest BCUT2D eigenvalue weighted by atomic mass is 9.69. The summed E-state index contributed by atoms with van der Waals surface area (Å²) in [5, 5.41) is 4.88. The van der Waals surface area contributed by atoms with Gasteiger partial charge in [-0.05, 0) is 36.2 Å². The normalized spacial score (nSPS) is 18.2. The molecule has 82 valence electrons. The van der Waals surface area contributed by atoms with Gasteiger partial charge >= 0.3 is 0 Å². The number of nitrogens with two attached hydrogens (primary N) is 1. The average Bonchev–Trinajstić information content (AvgIpc) is 2.69. The van der Waals surface area contributed by atoms with Crippen molar-refractivity contribution in [1.29, 1.82) is 0 Å². The van der Waals surface area contributed by atoms with Crippen LogP contribution in [0.3, 0.4) is 0 Å². The van der Waals surface area contributed by atoms with Gasteiger partial charge in [-0.2, -0.15) is 0 Å². The third-order valence-electron chi connectivity index (χ3n) is 3.22. The zero-order chi connectivity index (χ0) is 10.7. The first kappa shape index (κ1) is 10.6. The molecule has 0 bridgehead atoms. The molecular formula is C11H16N2OS. The Labute approximate surface area is 93.7 Å². The molecule has 0 spiro atoms. The van der Waals surface area contributed by atoms with Crippen LogP contribution in [0.15, 0.2) is 17.5 Å². The highest BCUT2D eigenvalue weighted by Crippen LogP contribution is 2.39. The van der Waals surface area contributed by atoms with Crippen LogP contribution in [0.1, 0.15) is 28.9 Å². The molecule has 0 atom stereocenters. The Balaban J connectivity index is 1.85. The molecule has 2 rings (SSSR count). The minimum Gasteiger partial charge on any atom is -0.351 e. The van der Waals surface area contributed by atoms with Crippen LogP contribution in [0.4, 0.5) is 0 Å². The standard InChI is InChI=1S/C11H16N2OS/c12-7-11(4-2-5-11)8-13-10(14)9-3-1-6-15-9/h1,3,6H,2,4-5,7-8,12H2,(H,13,14). The quantitative estimate of drug-likeness (QED) is 0.816. The van der Waals surface area contributed by atoms with Crippen molar-refractivity contribution in [3.05, 3.63) is 22.4 Å². The van der Waals surface area contributed by atoms with Gasteiger partial charge in [0.1, 0.15) is 0 Å². The van der Waals surface area contributed by atoms with Crippen molar-refractivity contribution in [3.8, 4) is 0 Å². The summed E-state index contributed by atoms with van der Waals surface area (Å²) in [6.07, 6.45) is 3.54. The summed E-state index contributed by atoms with van der Waals surface area (Å²) in [7, 11) is 0. The van der Waals surface area contributed by atoms with E-state index in [-0.39, 0.29) is 11.3 Å². The van der Waals surface area contributed by atoms with E-state index < -0.39 is 0 Å². The number of thiophene rings is 1. The van der Waals surface area contributed by atoms with Crippen LogP contribution in [0.25, 0.3) is 0 Å². The van der Waals surface area contributed by atoms with E-state index in [0.29, 0.717) is 6.54 Å². The molecule has 1 amide bonds. The second kappa shape index (κ2) is 4.33. The van der Waals surface area contributed by atoms with E-state index in [9.17, 15) is 4.79 Å². The van der Waals surface area contributed by atoms with E-state index in [1.807, 2.05) is 17.5 Å². The van der Waals surface area contributed by atoms with E-state index >= 15 is 0 Å². The predicted octanol–water partition coefficient (Wildman–Crippen LogP) is 1.61. The van der Waals surface area contributed by atoms with Gasteiger partial charge in [0.25, 0.3) is 5.91 Å². The van der Waals surface area contributed by atoms with Gasteiger partial charge in [-0.25, -0.2) is 0 Å². The molecule has 1 aliphatic rings. The first-order valence-corrected chi connectivity index (χ1v) is 6.15. The van der Waals surface area contributed by atoms with E-state index in [4.69, 9.17) is 5.73 Å². The lowest BCUT2D eigenvalue weighted by Gasteiger charge is -2.40. The van der Waals surface area contributed by atoms with Crippen molar-refractivity contribution in [2.24, 2.45) is 11.1 Å². The van der Waals surface area contributed by atoms with Crippen molar-refractivity contribution < 1.29 is 4.79 Å². The molecule has 3 N–H and O–H groups in total. The Hall–Kier alpha value is -0.870. The summed E-state index contributed by atoms with van der Waals surface area (Å²) < 4.78 is 0. The summed E-state index contributed by atoms with van der Waals surface area (Å²) in [6.45, 7) is 1.40. The molecule has 0 saturated heterocycles. The molecule has 4 heteroatoms. The molecule has 3 nitrogen and oxygen atoms in total. The van der Waals surface area contributed by atoms with Gasteiger partial charge in [-0.3, -0.25) is 4.79 Å². The fourth-order valence-corrected chi connectivity index (χ4v) is 2.53.